The van der Waals surface area contributed by atoms with Crippen molar-refractivity contribution >= 4 is 21.8 Å². The molecule has 136 valence electrons. The predicted molar refractivity (Wildman–Crippen MR) is 89.5 cm³/mol. The standard InChI is InChI=1S/C16H21N3O5S/c1-12-11-24-9-8-19(12)16(21)13-2-4-14(5-3-13)25(22,23)18-7-6-17-15(20)10-18/h2-5,12H,6-11H2,1H3,(H,17,20)/t12-/m1/s1. The quantitative estimate of drug-likeness (QED) is 0.789. The van der Waals surface area contributed by atoms with E-state index in [1.54, 1.807) is 4.90 Å². The topological polar surface area (TPSA) is 96.0 Å². The minimum atomic E-state index is -3.75. The maximum atomic E-state index is 12.6. The molecule has 1 atom stereocenters. The lowest BCUT2D eigenvalue weighted by atomic mass is 10.1. The number of sulfonamides is 1. The Balaban J connectivity index is 1.77. The summed E-state index contributed by atoms with van der Waals surface area (Å²) in [5, 5.41) is 2.59. The van der Waals surface area contributed by atoms with Gasteiger partial charge >= 0.3 is 0 Å². The van der Waals surface area contributed by atoms with Crippen molar-refractivity contribution in [1.29, 1.82) is 0 Å². The first-order chi connectivity index (χ1) is 11.9. The van der Waals surface area contributed by atoms with Crippen molar-refractivity contribution in [3.05, 3.63) is 29.8 Å². The lowest BCUT2D eigenvalue weighted by molar-refractivity contribution is -0.122. The number of ether oxygens (including phenoxy) is 1. The van der Waals surface area contributed by atoms with E-state index in [0.29, 0.717) is 31.9 Å². The minimum absolute atomic E-state index is 0.0171. The first-order valence-corrected chi connectivity index (χ1v) is 9.59. The Labute approximate surface area is 146 Å². The number of nitrogens with one attached hydrogen (secondary N) is 1. The predicted octanol–water partition coefficient (Wildman–Crippen LogP) is -0.332. The van der Waals surface area contributed by atoms with E-state index in [1.807, 2.05) is 6.92 Å². The van der Waals surface area contributed by atoms with Gasteiger partial charge in [0, 0.05) is 25.2 Å². The molecule has 25 heavy (non-hydrogen) atoms. The summed E-state index contributed by atoms with van der Waals surface area (Å²) in [6.45, 7) is 3.77. The van der Waals surface area contributed by atoms with Crippen LogP contribution in [-0.2, 0) is 19.6 Å². The Morgan fingerprint density at radius 1 is 1.24 bits per heavy atom. The Morgan fingerprint density at radius 2 is 1.96 bits per heavy atom. The number of rotatable bonds is 3. The number of carbonyl (C=O) groups is 2. The molecule has 1 N–H and O–H groups in total. The van der Waals surface area contributed by atoms with E-state index in [2.05, 4.69) is 5.32 Å². The minimum Gasteiger partial charge on any atom is -0.377 e. The van der Waals surface area contributed by atoms with Gasteiger partial charge in [0.1, 0.15) is 0 Å². The van der Waals surface area contributed by atoms with Crippen LogP contribution < -0.4 is 5.32 Å². The van der Waals surface area contributed by atoms with Crippen molar-refractivity contribution < 1.29 is 22.7 Å². The van der Waals surface area contributed by atoms with Crippen molar-refractivity contribution in [1.82, 2.24) is 14.5 Å². The van der Waals surface area contributed by atoms with Crippen molar-refractivity contribution in [2.24, 2.45) is 0 Å². The second-order valence-corrected chi connectivity index (χ2v) is 8.07. The summed E-state index contributed by atoms with van der Waals surface area (Å²) in [4.78, 5) is 25.8. The highest BCUT2D eigenvalue weighted by Crippen LogP contribution is 2.19. The molecule has 3 rings (SSSR count). The molecule has 2 saturated heterocycles. The van der Waals surface area contributed by atoms with Gasteiger partial charge in [0.2, 0.25) is 15.9 Å². The van der Waals surface area contributed by atoms with Gasteiger partial charge in [-0.15, -0.1) is 0 Å². The van der Waals surface area contributed by atoms with Crippen LogP contribution in [0.25, 0.3) is 0 Å². The molecule has 0 aliphatic carbocycles. The maximum Gasteiger partial charge on any atom is 0.254 e. The normalized spacial score (nSPS) is 22.5. The molecular formula is C16H21N3O5S. The number of hydrogen-bond donors (Lipinski definition) is 1. The fraction of sp³-hybridized carbons (Fsp3) is 0.500. The molecule has 0 bridgehead atoms. The molecule has 2 heterocycles. The number of benzene rings is 1. The van der Waals surface area contributed by atoms with E-state index in [-0.39, 0.29) is 35.8 Å². The molecule has 2 aliphatic rings. The lowest BCUT2D eigenvalue weighted by Gasteiger charge is -2.33. The SMILES string of the molecule is C[C@@H]1COCCN1C(=O)c1ccc(S(=O)(=O)N2CCNC(=O)C2)cc1. The maximum absolute atomic E-state index is 12.6. The van der Waals surface area contributed by atoms with Gasteiger partial charge in [0.25, 0.3) is 5.91 Å². The smallest absolute Gasteiger partial charge is 0.254 e. The Morgan fingerprint density at radius 3 is 2.60 bits per heavy atom. The molecule has 0 radical (unpaired) electrons. The summed E-state index contributed by atoms with van der Waals surface area (Å²) in [7, 11) is -3.75. The van der Waals surface area contributed by atoms with Gasteiger partial charge in [0.15, 0.2) is 0 Å². The molecule has 2 amide bonds. The lowest BCUT2D eigenvalue weighted by Crippen LogP contribution is -2.49. The van der Waals surface area contributed by atoms with Gasteiger partial charge in [0.05, 0.1) is 30.7 Å². The molecule has 8 nitrogen and oxygen atoms in total. The van der Waals surface area contributed by atoms with Crippen LogP contribution in [0.4, 0.5) is 0 Å². The van der Waals surface area contributed by atoms with Crippen molar-refractivity contribution in [3.8, 4) is 0 Å². The van der Waals surface area contributed by atoms with Crippen LogP contribution in [-0.4, -0.2) is 74.9 Å². The Hall–Kier alpha value is -1.97. The highest BCUT2D eigenvalue weighted by atomic mass is 32.2. The van der Waals surface area contributed by atoms with Gasteiger partial charge in [-0.25, -0.2) is 8.42 Å². The van der Waals surface area contributed by atoms with Crippen LogP contribution in [0.5, 0.6) is 0 Å². The second-order valence-electron chi connectivity index (χ2n) is 6.14. The summed E-state index contributed by atoms with van der Waals surface area (Å²) in [5.41, 5.74) is 0.434. The number of hydrogen-bond acceptors (Lipinski definition) is 5. The van der Waals surface area contributed by atoms with Crippen LogP contribution in [0.3, 0.4) is 0 Å². The number of carbonyl (C=O) groups excluding carboxylic acids is 2. The van der Waals surface area contributed by atoms with E-state index < -0.39 is 10.0 Å². The summed E-state index contributed by atoms with van der Waals surface area (Å²) in [6, 6.07) is 5.85. The van der Waals surface area contributed by atoms with Gasteiger partial charge in [-0.1, -0.05) is 0 Å². The van der Waals surface area contributed by atoms with E-state index in [0.717, 1.165) is 4.31 Å². The van der Waals surface area contributed by atoms with E-state index in [1.165, 1.54) is 24.3 Å². The average Bonchev–Trinajstić information content (AvgIpc) is 2.62. The van der Waals surface area contributed by atoms with Crippen LogP contribution in [0.1, 0.15) is 17.3 Å². The van der Waals surface area contributed by atoms with Gasteiger partial charge in [-0.05, 0) is 31.2 Å². The highest BCUT2D eigenvalue weighted by Gasteiger charge is 2.30. The average molecular weight is 367 g/mol. The third-order valence-corrected chi connectivity index (χ3v) is 6.23. The van der Waals surface area contributed by atoms with Crippen LogP contribution >= 0.6 is 0 Å². The van der Waals surface area contributed by atoms with Crippen molar-refractivity contribution in [2.75, 3.05) is 39.4 Å². The summed E-state index contributed by atoms with van der Waals surface area (Å²) < 4.78 is 31.7. The Kier molecular flexibility index (Phi) is 5.07. The highest BCUT2D eigenvalue weighted by molar-refractivity contribution is 7.89. The van der Waals surface area contributed by atoms with Gasteiger partial charge in [-0.3, -0.25) is 9.59 Å². The van der Waals surface area contributed by atoms with Crippen molar-refractivity contribution in [2.45, 2.75) is 17.9 Å². The molecule has 9 heteroatoms. The summed E-state index contributed by atoms with van der Waals surface area (Å²) in [5.74, 6) is -0.458. The molecule has 0 aromatic heterocycles. The van der Waals surface area contributed by atoms with Crippen molar-refractivity contribution in [3.63, 3.8) is 0 Å². The molecule has 1 aromatic carbocycles. The van der Waals surface area contributed by atoms with Gasteiger partial charge in [-0.2, -0.15) is 4.31 Å². The zero-order valence-electron chi connectivity index (χ0n) is 14.0. The molecule has 2 aliphatic heterocycles. The van der Waals surface area contributed by atoms with E-state index >= 15 is 0 Å². The fourth-order valence-corrected chi connectivity index (χ4v) is 4.33. The number of amides is 2. The molecule has 0 unspecified atom stereocenters. The van der Waals surface area contributed by atoms with Crippen LogP contribution in [0.2, 0.25) is 0 Å². The largest absolute Gasteiger partial charge is 0.377 e. The van der Waals surface area contributed by atoms with Gasteiger partial charge < -0.3 is 15.0 Å². The number of piperazine rings is 1. The molecule has 0 spiro atoms. The van der Waals surface area contributed by atoms with E-state index in [9.17, 15) is 18.0 Å². The second kappa shape index (κ2) is 7.11. The third kappa shape index (κ3) is 3.68. The first kappa shape index (κ1) is 17.8. The molecule has 0 saturated carbocycles. The summed E-state index contributed by atoms with van der Waals surface area (Å²) in [6.07, 6.45) is 0. The third-order valence-electron chi connectivity index (χ3n) is 4.37. The zero-order chi connectivity index (χ0) is 18.0. The fourth-order valence-electron chi connectivity index (χ4n) is 2.93. The summed E-state index contributed by atoms with van der Waals surface area (Å²) >= 11 is 0. The van der Waals surface area contributed by atoms with Crippen LogP contribution in [0.15, 0.2) is 29.2 Å². The zero-order valence-corrected chi connectivity index (χ0v) is 14.8. The number of morpholine rings is 1. The first-order valence-electron chi connectivity index (χ1n) is 8.15. The van der Waals surface area contributed by atoms with E-state index in [4.69, 9.17) is 4.74 Å². The molecule has 2 fully saturated rings. The van der Waals surface area contributed by atoms with Crippen LogP contribution in [0, 0.1) is 0 Å². The monoisotopic (exact) mass is 367 g/mol. The Bertz CT molecular complexity index is 762. The molecule has 1 aromatic rings. The number of nitrogens with zero attached hydrogens (tertiary/aromatic N) is 2. The molecular weight excluding hydrogens is 346 g/mol.